The number of sulfonamides is 1. The molecule has 90 valence electrons. The van der Waals surface area contributed by atoms with Crippen molar-refractivity contribution in [2.24, 2.45) is 5.18 Å². The zero-order valence-corrected chi connectivity index (χ0v) is 9.79. The first-order valence-electron chi connectivity index (χ1n) is 4.87. The summed E-state index contributed by atoms with van der Waals surface area (Å²) in [5.41, 5.74) is -1.61. The maximum atomic E-state index is 11.6. The van der Waals surface area contributed by atoms with E-state index in [-0.39, 0.29) is 6.42 Å². The molecule has 0 saturated heterocycles. The Bertz CT molecular complexity index is 413. The molecule has 1 amide bonds. The maximum absolute atomic E-state index is 11.6. The predicted molar refractivity (Wildman–Crippen MR) is 59.1 cm³/mol. The molecule has 1 rings (SSSR count). The fraction of sp³-hybridized carbons (Fsp3) is 0.667. The fourth-order valence-electron chi connectivity index (χ4n) is 1.15. The zero-order chi connectivity index (χ0) is 12.4. The maximum Gasteiger partial charge on any atom is 0.265 e. The van der Waals surface area contributed by atoms with E-state index in [0.717, 1.165) is 0 Å². The van der Waals surface area contributed by atoms with E-state index < -0.39 is 26.7 Å². The van der Waals surface area contributed by atoms with Crippen molar-refractivity contribution in [3.05, 3.63) is 17.6 Å². The van der Waals surface area contributed by atoms with Gasteiger partial charge in [0.2, 0.25) is 10.0 Å². The van der Waals surface area contributed by atoms with Crippen molar-refractivity contribution in [3.8, 4) is 0 Å². The van der Waals surface area contributed by atoms with Crippen molar-refractivity contribution >= 4 is 15.9 Å². The molecule has 0 aromatic carbocycles. The monoisotopic (exact) mass is 246 g/mol. The molecule has 0 spiro atoms. The van der Waals surface area contributed by atoms with Gasteiger partial charge in [-0.25, -0.2) is 8.42 Å². The quantitative estimate of drug-likeness (QED) is 0.551. The topological polar surface area (TPSA) is 92.7 Å². The number of rotatable bonds is 6. The molecular formula is C9H14N2O4S. The van der Waals surface area contributed by atoms with Crippen LogP contribution in [0.2, 0.25) is 0 Å². The molecule has 0 unspecified atom stereocenters. The van der Waals surface area contributed by atoms with Crippen molar-refractivity contribution in [2.45, 2.75) is 37.0 Å². The van der Waals surface area contributed by atoms with Crippen LogP contribution in [0.3, 0.4) is 0 Å². The second kappa shape index (κ2) is 4.32. The van der Waals surface area contributed by atoms with Crippen LogP contribution in [0.15, 0.2) is 17.8 Å². The summed E-state index contributed by atoms with van der Waals surface area (Å²) in [7, 11) is -3.63. The summed E-state index contributed by atoms with van der Waals surface area (Å²) >= 11 is 0. The zero-order valence-electron chi connectivity index (χ0n) is 8.97. The van der Waals surface area contributed by atoms with Gasteiger partial charge in [-0.15, -0.1) is 11.5 Å². The molecule has 1 aliphatic carbocycles. The SMILES string of the molecule is C=CC[C@@](C)(N=O)C(=O)NS(=O)(=O)C1CC1. The number of amides is 1. The van der Waals surface area contributed by atoms with E-state index in [1.807, 2.05) is 4.72 Å². The van der Waals surface area contributed by atoms with Gasteiger partial charge < -0.3 is 0 Å². The highest BCUT2D eigenvalue weighted by Gasteiger charge is 2.41. The van der Waals surface area contributed by atoms with Crippen LogP contribution in [-0.4, -0.2) is 25.1 Å². The van der Waals surface area contributed by atoms with Gasteiger partial charge in [-0.2, -0.15) is 0 Å². The molecule has 0 aliphatic heterocycles. The molecular weight excluding hydrogens is 232 g/mol. The molecule has 6 nitrogen and oxygen atoms in total. The Morgan fingerprint density at radius 2 is 2.19 bits per heavy atom. The number of nitroso groups, excluding NO2 is 1. The van der Waals surface area contributed by atoms with Crippen LogP contribution in [0.5, 0.6) is 0 Å². The smallest absolute Gasteiger partial charge is 0.265 e. The summed E-state index contributed by atoms with van der Waals surface area (Å²) in [6.45, 7) is 4.67. The first kappa shape index (κ1) is 12.8. The van der Waals surface area contributed by atoms with E-state index in [4.69, 9.17) is 0 Å². The van der Waals surface area contributed by atoms with Crippen molar-refractivity contribution in [1.29, 1.82) is 0 Å². The van der Waals surface area contributed by atoms with Gasteiger partial charge in [-0.1, -0.05) is 11.3 Å². The molecule has 1 N–H and O–H groups in total. The van der Waals surface area contributed by atoms with E-state index in [9.17, 15) is 18.1 Å². The highest BCUT2D eigenvalue weighted by atomic mass is 32.2. The number of hydrogen-bond acceptors (Lipinski definition) is 5. The van der Waals surface area contributed by atoms with Crippen LogP contribution in [-0.2, 0) is 14.8 Å². The minimum Gasteiger partial charge on any atom is -0.271 e. The lowest BCUT2D eigenvalue weighted by Crippen LogP contribution is -2.46. The molecule has 0 bridgehead atoms. The summed E-state index contributed by atoms with van der Waals surface area (Å²) in [5, 5.41) is 2.17. The van der Waals surface area contributed by atoms with Gasteiger partial charge in [-0.05, 0) is 19.8 Å². The Morgan fingerprint density at radius 1 is 1.62 bits per heavy atom. The third-order valence-corrected chi connectivity index (χ3v) is 4.25. The molecule has 0 radical (unpaired) electrons. The summed E-state index contributed by atoms with van der Waals surface area (Å²) in [6, 6.07) is 0. The highest BCUT2D eigenvalue weighted by molar-refractivity contribution is 7.90. The second-order valence-corrected chi connectivity index (χ2v) is 5.99. The van der Waals surface area contributed by atoms with Gasteiger partial charge in [0.25, 0.3) is 5.91 Å². The molecule has 0 heterocycles. The Hall–Kier alpha value is -1.24. The molecule has 1 saturated carbocycles. The Labute approximate surface area is 94.1 Å². The number of nitrogens with one attached hydrogen (secondary N) is 1. The van der Waals surface area contributed by atoms with Crippen LogP contribution in [0.4, 0.5) is 0 Å². The predicted octanol–water partition coefficient (Wildman–Crippen LogP) is 0.696. The molecule has 16 heavy (non-hydrogen) atoms. The number of hydrogen-bond donors (Lipinski definition) is 1. The number of carbonyl (C=O) groups excluding carboxylic acids is 1. The Balaban J connectivity index is 2.76. The van der Waals surface area contributed by atoms with Crippen LogP contribution in [0, 0.1) is 4.91 Å². The normalized spacial score (nSPS) is 19.6. The van der Waals surface area contributed by atoms with E-state index in [1.54, 1.807) is 0 Å². The highest BCUT2D eigenvalue weighted by Crippen LogP contribution is 2.28. The van der Waals surface area contributed by atoms with Crippen LogP contribution in [0.1, 0.15) is 26.2 Å². The summed E-state index contributed by atoms with van der Waals surface area (Å²) in [6.07, 6.45) is 2.46. The van der Waals surface area contributed by atoms with Gasteiger partial charge in [0.05, 0.1) is 5.25 Å². The summed E-state index contributed by atoms with van der Waals surface area (Å²) in [4.78, 5) is 22.2. The van der Waals surface area contributed by atoms with Crippen LogP contribution in [0.25, 0.3) is 0 Å². The first-order chi connectivity index (χ1) is 7.35. The van der Waals surface area contributed by atoms with Crippen molar-refractivity contribution in [1.82, 2.24) is 4.72 Å². The van der Waals surface area contributed by atoms with Crippen LogP contribution < -0.4 is 4.72 Å². The lowest BCUT2D eigenvalue weighted by molar-refractivity contribution is -0.123. The first-order valence-corrected chi connectivity index (χ1v) is 6.42. The van der Waals surface area contributed by atoms with Gasteiger partial charge >= 0.3 is 0 Å². The fourth-order valence-corrected chi connectivity index (χ4v) is 2.55. The Kier molecular flexibility index (Phi) is 3.47. The molecule has 1 aliphatic rings. The van der Waals surface area contributed by atoms with E-state index in [2.05, 4.69) is 11.8 Å². The standard InChI is InChI=1S/C9H14N2O4S/c1-3-6-9(2,11-13)8(12)10-16(14,15)7-4-5-7/h3,7H,1,4-6H2,2H3,(H,10,12)/t9-/m1/s1. The number of carbonyl (C=O) groups is 1. The van der Waals surface area contributed by atoms with Gasteiger partial charge in [0.1, 0.15) is 0 Å². The average molecular weight is 246 g/mol. The van der Waals surface area contributed by atoms with Crippen LogP contribution >= 0.6 is 0 Å². The largest absolute Gasteiger partial charge is 0.271 e. The third-order valence-electron chi connectivity index (χ3n) is 2.43. The lowest BCUT2D eigenvalue weighted by Gasteiger charge is -2.18. The molecule has 1 atom stereocenters. The summed E-state index contributed by atoms with van der Waals surface area (Å²) < 4.78 is 24.8. The number of nitrogens with zero attached hydrogens (tertiary/aromatic N) is 1. The van der Waals surface area contributed by atoms with Gasteiger partial charge in [0, 0.05) is 6.42 Å². The van der Waals surface area contributed by atoms with E-state index >= 15 is 0 Å². The van der Waals surface area contributed by atoms with Crippen molar-refractivity contribution < 1.29 is 13.2 Å². The van der Waals surface area contributed by atoms with Gasteiger partial charge in [-0.3, -0.25) is 9.52 Å². The van der Waals surface area contributed by atoms with E-state index in [0.29, 0.717) is 12.8 Å². The van der Waals surface area contributed by atoms with Gasteiger partial charge in [0.15, 0.2) is 5.54 Å². The second-order valence-electron chi connectivity index (χ2n) is 4.03. The lowest BCUT2D eigenvalue weighted by atomic mass is 9.99. The molecule has 0 aromatic heterocycles. The summed E-state index contributed by atoms with van der Waals surface area (Å²) in [5.74, 6) is -0.894. The minimum absolute atomic E-state index is 0.00250. The van der Waals surface area contributed by atoms with Crippen molar-refractivity contribution in [3.63, 3.8) is 0 Å². The molecule has 7 heteroatoms. The molecule has 0 aromatic rings. The minimum atomic E-state index is -3.63. The Morgan fingerprint density at radius 3 is 2.56 bits per heavy atom. The third kappa shape index (κ3) is 2.66. The van der Waals surface area contributed by atoms with E-state index in [1.165, 1.54) is 13.0 Å². The molecule has 1 fully saturated rings. The van der Waals surface area contributed by atoms with Crippen molar-refractivity contribution in [2.75, 3.05) is 0 Å². The average Bonchev–Trinajstić information content (AvgIpc) is 3.00.